The van der Waals surface area contributed by atoms with E-state index in [2.05, 4.69) is 10.7 Å². The lowest BCUT2D eigenvalue weighted by Gasteiger charge is -2.00. The number of hydrogen-bond donors (Lipinski definition) is 1. The van der Waals surface area contributed by atoms with Gasteiger partial charge in [0.2, 0.25) is 0 Å². The van der Waals surface area contributed by atoms with Crippen LogP contribution in [0.4, 0.5) is 4.79 Å². The van der Waals surface area contributed by atoms with Crippen molar-refractivity contribution in [3.05, 3.63) is 0 Å². The SMILES string of the molecule is C#CCOCCCCOC(N)=O. The molecule has 0 rings (SSSR count). The van der Waals surface area contributed by atoms with Crippen molar-refractivity contribution in [1.82, 2.24) is 0 Å². The van der Waals surface area contributed by atoms with Gasteiger partial charge in [-0.05, 0) is 12.8 Å². The van der Waals surface area contributed by atoms with Crippen molar-refractivity contribution in [2.75, 3.05) is 19.8 Å². The van der Waals surface area contributed by atoms with Gasteiger partial charge in [-0.2, -0.15) is 0 Å². The Labute approximate surface area is 72.0 Å². The van der Waals surface area contributed by atoms with Crippen molar-refractivity contribution < 1.29 is 14.3 Å². The Morgan fingerprint density at radius 1 is 1.42 bits per heavy atom. The average Bonchev–Trinajstić information content (AvgIpc) is 2.02. The zero-order valence-electron chi connectivity index (χ0n) is 6.91. The van der Waals surface area contributed by atoms with E-state index < -0.39 is 6.09 Å². The standard InChI is InChI=1S/C8H13NO3/c1-2-5-11-6-3-4-7-12-8(9)10/h1H,3-7H2,(H2,9,10). The molecule has 0 radical (unpaired) electrons. The summed E-state index contributed by atoms with van der Waals surface area (Å²) in [5.74, 6) is 2.35. The molecule has 68 valence electrons. The summed E-state index contributed by atoms with van der Waals surface area (Å²) in [7, 11) is 0. The van der Waals surface area contributed by atoms with E-state index in [4.69, 9.17) is 16.9 Å². The Bertz CT molecular complexity index is 162. The summed E-state index contributed by atoms with van der Waals surface area (Å²) in [6.07, 6.45) is 5.77. The van der Waals surface area contributed by atoms with Crippen molar-refractivity contribution in [3.8, 4) is 12.3 Å². The number of rotatable bonds is 6. The highest BCUT2D eigenvalue weighted by Crippen LogP contribution is 1.90. The highest BCUT2D eigenvalue weighted by molar-refractivity contribution is 5.64. The minimum absolute atomic E-state index is 0.330. The largest absolute Gasteiger partial charge is 0.450 e. The third-order valence-electron chi connectivity index (χ3n) is 1.11. The van der Waals surface area contributed by atoms with Crippen molar-refractivity contribution in [2.24, 2.45) is 5.73 Å². The van der Waals surface area contributed by atoms with Gasteiger partial charge in [0.1, 0.15) is 6.61 Å². The van der Waals surface area contributed by atoms with Crippen LogP contribution in [0.2, 0.25) is 0 Å². The van der Waals surface area contributed by atoms with Crippen LogP contribution in [0.1, 0.15) is 12.8 Å². The molecule has 0 aliphatic carbocycles. The van der Waals surface area contributed by atoms with Gasteiger partial charge < -0.3 is 15.2 Å². The first-order chi connectivity index (χ1) is 5.77. The van der Waals surface area contributed by atoms with E-state index in [0.29, 0.717) is 19.8 Å². The first-order valence-corrected chi connectivity index (χ1v) is 3.71. The molecule has 1 amide bonds. The molecule has 12 heavy (non-hydrogen) atoms. The minimum Gasteiger partial charge on any atom is -0.450 e. The molecule has 0 unspecified atom stereocenters. The quantitative estimate of drug-likeness (QED) is 0.468. The lowest BCUT2D eigenvalue weighted by Crippen LogP contribution is -2.13. The number of unbranched alkanes of at least 4 members (excludes halogenated alkanes) is 1. The van der Waals surface area contributed by atoms with Gasteiger partial charge in [0.25, 0.3) is 0 Å². The van der Waals surface area contributed by atoms with Gasteiger partial charge in [-0.3, -0.25) is 0 Å². The number of nitrogens with two attached hydrogens (primary N) is 1. The molecular weight excluding hydrogens is 158 g/mol. The smallest absolute Gasteiger partial charge is 0.404 e. The Morgan fingerprint density at radius 3 is 2.67 bits per heavy atom. The van der Waals surface area contributed by atoms with E-state index in [9.17, 15) is 4.79 Å². The van der Waals surface area contributed by atoms with Crippen molar-refractivity contribution >= 4 is 6.09 Å². The van der Waals surface area contributed by atoms with Crippen LogP contribution in [-0.4, -0.2) is 25.9 Å². The van der Waals surface area contributed by atoms with E-state index in [0.717, 1.165) is 12.8 Å². The summed E-state index contributed by atoms with van der Waals surface area (Å²) in [6, 6.07) is 0. The molecule has 2 N–H and O–H groups in total. The van der Waals surface area contributed by atoms with Gasteiger partial charge in [-0.1, -0.05) is 5.92 Å². The van der Waals surface area contributed by atoms with Gasteiger partial charge in [0.15, 0.2) is 0 Å². The van der Waals surface area contributed by atoms with Crippen LogP contribution in [-0.2, 0) is 9.47 Å². The average molecular weight is 171 g/mol. The summed E-state index contributed by atoms with van der Waals surface area (Å²) in [5.41, 5.74) is 4.74. The van der Waals surface area contributed by atoms with Crippen molar-refractivity contribution in [1.29, 1.82) is 0 Å². The minimum atomic E-state index is -0.737. The Kier molecular flexibility index (Phi) is 7.10. The molecule has 0 aliphatic rings. The molecule has 0 atom stereocenters. The van der Waals surface area contributed by atoms with Crippen LogP contribution in [0.3, 0.4) is 0 Å². The molecule has 0 fully saturated rings. The molecule has 0 aromatic carbocycles. The second-order valence-corrected chi connectivity index (χ2v) is 2.13. The fourth-order valence-corrected chi connectivity index (χ4v) is 0.610. The number of amides is 1. The van der Waals surface area contributed by atoms with Crippen LogP contribution in [0.25, 0.3) is 0 Å². The lowest BCUT2D eigenvalue weighted by molar-refractivity contribution is 0.136. The first kappa shape index (κ1) is 10.8. The first-order valence-electron chi connectivity index (χ1n) is 3.71. The summed E-state index contributed by atoms with van der Waals surface area (Å²) in [5, 5.41) is 0. The summed E-state index contributed by atoms with van der Waals surface area (Å²) >= 11 is 0. The lowest BCUT2D eigenvalue weighted by atomic mass is 10.3. The molecule has 0 aliphatic heterocycles. The third-order valence-corrected chi connectivity index (χ3v) is 1.11. The monoisotopic (exact) mass is 171 g/mol. The molecule has 0 aromatic rings. The highest BCUT2D eigenvalue weighted by Gasteiger charge is 1.92. The van der Waals surface area contributed by atoms with E-state index >= 15 is 0 Å². The van der Waals surface area contributed by atoms with Crippen LogP contribution in [0.5, 0.6) is 0 Å². The summed E-state index contributed by atoms with van der Waals surface area (Å²) < 4.78 is 9.47. The molecule has 0 saturated carbocycles. The van der Waals surface area contributed by atoms with Crippen LogP contribution < -0.4 is 5.73 Å². The molecule has 0 aromatic heterocycles. The Balaban J connectivity index is 2.92. The van der Waals surface area contributed by atoms with Crippen LogP contribution >= 0.6 is 0 Å². The van der Waals surface area contributed by atoms with E-state index in [1.54, 1.807) is 0 Å². The van der Waals surface area contributed by atoms with Gasteiger partial charge in [0, 0.05) is 6.61 Å². The third kappa shape index (κ3) is 8.79. The van der Waals surface area contributed by atoms with E-state index in [1.807, 2.05) is 0 Å². The van der Waals surface area contributed by atoms with Crippen LogP contribution in [0, 0.1) is 12.3 Å². The van der Waals surface area contributed by atoms with Gasteiger partial charge in [0.05, 0.1) is 6.61 Å². The molecular formula is C8H13NO3. The van der Waals surface area contributed by atoms with Crippen molar-refractivity contribution in [3.63, 3.8) is 0 Å². The molecule has 0 spiro atoms. The van der Waals surface area contributed by atoms with Gasteiger partial charge in [-0.25, -0.2) is 4.79 Å². The Morgan fingerprint density at radius 2 is 2.08 bits per heavy atom. The number of ether oxygens (including phenoxy) is 2. The predicted octanol–water partition coefficient (Wildman–Crippen LogP) is 0.512. The highest BCUT2D eigenvalue weighted by atomic mass is 16.5. The second-order valence-electron chi connectivity index (χ2n) is 2.13. The van der Waals surface area contributed by atoms with Crippen LogP contribution in [0.15, 0.2) is 0 Å². The molecule has 0 saturated heterocycles. The molecule has 0 bridgehead atoms. The van der Waals surface area contributed by atoms with Gasteiger partial charge >= 0.3 is 6.09 Å². The number of hydrogen-bond acceptors (Lipinski definition) is 3. The topological polar surface area (TPSA) is 61.6 Å². The summed E-state index contributed by atoms with van der Waals surface area (Å²) in [6.45, 7) is 1.26. The fraction of sp³-hybridized carbons (Fsp3) is 0.625. The van der Waals surface area contributed by atoms with Gasteiger partial charge in [-0.15, -0.1) is 6.42 Å². The second kappa shape index (κ2) is 7.89. The van der Waals surface area contributed by atoms with E-state index in [1.165, 1.54) is 0 Å². The molecule has 4 nitrogen and oxygen atoms in total. The van der Waals surface area contributed by atoms with E-state index in [-0.39, 0.29) is 0 Å². The number of carbonyl (C=O) groups excluding carboxylic acids is 1. The zero-order valence-corrected chi connectivity index (χ0v) is 6.91. The van der Waals surface area contributed by atoms with Crippen molar-refractivity contribution in [2.45, 2.75) is 12.8 Å². The number of terminal acetylenes is 1. The zero-order chi connectivity index (χ0) is 9.23. The fourth-order valence-electron chi connectivity index (χ4n) is 0.610. The predicted molar refractivity (Wildman–Crippen MR) is 44.4 cm³/mol. The number of primary amides is 1. The normalized spacial score (nSPS) is 8.92. The molecule has 0 heterocycles. The maximum absolute atomic E-state index is 10.1. The maximum atomic E-state index is 10.1. The number of carbonyl (C=O) groups is 1. The molecule has 4 heteroatoms. The Hall–Kier alpha value is -1.21. The maximum Gasteiger partial charge on any atom is 0.404 e. The summed E-state index contributed by atoms with van der Waals surface area (Å²) in [4.78, 5) is 10.1.